The summed E-state index contributed by atoms with van der Waals surface area (Å²) in [5, 5.41) is 12.9. The number of anilines is 1. The fourth-order valence-corrected chi connectivity index (χ4v) is 1.82. The first-order chi connectivity index (χ1) is 8.16. The van der Waals surface area contributed by atoms with Crippen LogP contribution in [0.5, 0.6) is 5.75 Å². The van der Waals surface area contributed by atoms with E-state index in [0.717, 1.165) is 11.3 Å². The third-order valence-electron chi connectivity index (χ3n) is 2.88. The van der Waals surface area contributed by atoms with Crippen LogP contribution in [0.25, 0.3) is 0 Å². The van der Waals surface area contributed by atoms with Gasteiger partial charge in [-0.25, -0.2) is 0 Å². The van der Waals surface area contributed by atoms with Crippen LogP contribution in [0.4, 0.5) is 5.69 Å². The zero-order valence-electron chi connectivity index (χ0n) is 10.1. The third-order valence-corrected chi connectivity index (χ3v) is 2.88. The molecule has 2 nitrogen and oxygen atoms in total. The molecule has 0 aromatic heterocycles. The molecule has 1 unspecified atom stereocenters. The third kappa shape index (κ3) is 2.78. The number of nitrogens with one attached hydrogen (secondary N) is 1. The van der Waals surface area contributed by atoms with Gasteiger partial charge in [-0.3, -0.25) is 0 Å². The Morgan fingerprint density at radius 2 is 1.76 bits per heavy atom. The molecule has 2 heteroatoms. The van der Waals surface area contributed by atoms with Crippen LogP contribution in [0.15, 0.2) is 48.5 Å². The molecule has 0 saturated heterocycles. The Bertz CT molecular complexity index is 494. The van der Waals surface area contributed by atoms with E-state index in [1.165, 1.54) is 5.56 Å². The molecule has 88 valence electrons. The predicted octanol–water partition coefficient (Wildman–Crippen LogP) is 3.87. The summed E-state index contributed by atoms with van der Waals surface area (Å²) in [6.07, 6.45) is 0. The fourth-order valence-electron chi connectivity index (χ4n) is 1.82. The topological polar surface area (TPSA) is 32.3 Å². The van der Waals surface area contributed by atoms with Gasteiger partial charge in [-0.15, -0.1) is 0 Å². The van der Waals surface area contributed by atoms with Crippen LogP contribution in [0.3, 0.4) is 0 Å². The number of aromatic hydroxyl groups is 1. The highest BCUT2D eigenvalue weighted by Gasteiger charge is 2.05. The Hall–Kier alpha value is -1.96. The van der Waals surface area contributed by atoms with Crippen molar-refractivity contribution in [2.45, 2.75) is 19.9 Å². The summed E-state index contributed by atoms with van der Waals surface area (Å²) < 4.78 is 0. The molecular formula is C15H17NO. The van der Waals surface area contributed by atoms with Crippen molar-refractivity contribution >= 4 is 5.69 Å². The van der Waals surface area contributed by atoms with Crippen LogP contribution >= 0.6 is 0 Å². The number of hydrogen-bond acceptors (Lipinski definition) is 2. The number of benzene rings is 2. The average molecular weight is 227 g/mol. The number of hydrogen-bond donors (Lipinski definition) is 2. The molecule has 2 N–H and O–H groups in total. The standard InChI is InChI=1S/C15H17NO/c1-11-10-14(8-9-15(11)17)16-12(2)13-6-4-3-5-7-13/h3-10,12,16-17H,1-2H3. The Morgan fingerprint density at radius 3 is 2.41 bits per heavy atom. The van der Waals surface area contributed by atoms with Gasteiger partial charge < -0.3 is 10.4 Å². The van der Waals surface area contributed by atoms with Gasteiger partial charge in [0.05, 0.1) is 0 Å². The van der Waals surface area contributed by atoms with Gasteiger partial charge in [0.15, 0.2) is 0 Å². The van der Waals surface area contributed by atoms with Crippen molar-refractivity contribution in [2.24, 2.45) is 0 Å². The lowest BCUT2D eigenvalue weighted by Gasteiger charge is -2.16. The van der Waals surface area contributed by atoms with Crippen molar-refractivity contribution in [2.75, 3.05) is 5.32 Å². The van der Waals surface area contributed by atoms with Crippen molar-refractivity contribution in [1.29, 1.82) is 0 Å². The number of aryl methyl sites for hydroxylation is 1. The summed E-state index contributed by atoms with van der Waals surface area (Å²) >= 11 is 0. The molecule has 0 saturated carbocycles. The van der Waals surface area contributed by atoms with Crippen molar-refractivity contribution in [3.05, 3.63) is 59.7 Å². The van der Waals surface area contributed by atoms with E-state index in [4.69, 9.17) is 0 Å². The van der Waals surface area contributed by atoms with E-state index in [2.05, 4.69) is 24.4 Å². The molecule has 1 atom stereocenters. The molecule has 0 amide bonds. The molecule has 2 aromatic carbocycles. The normalized spacial score (nSPS) is 12.1. The Morgan fingerprint density at radius 1 is 1.06 bits per heavy atom. The molecule has 17 heavy (non-hydrogen) atoms. The first-order valence-electron chi connectivity index (χ1n) is 5.78. The Labute approximate surface area is 102 Å². The zero-order chi connectivity index (χ0) is 12.3. The highest BCUT2D eigenvalue weighted by atomic mass is 16.3. The lowest BCUT2D eigenvalue weighted by molar-refractivity contribution is 0.471. The molecule has 2 aromatic rings. The largest absolute Gasteiger partial charge is 0.508 e. The summed E-state index contributed by atoms with van der Waals surface area (Å²) in [5.41, 5.74) is 3.16. The Kier molecular flexibility index (Phi) is 3.33. The summed E-state index contributed by atoms with van der Waals surface area (Å²) in [5.74, 6) is 0.336. The van der Waals surface area contributed by atoms with Crippen LogP contribution in [0, 0.1) is 6.92 Å². The van der Waals surface area contributed by atoms with Crippen LogP contribution in [0.2, 0.25) is 0 Å². The van der Waals surface area contributed by atoms with E-state index in [1.807, 2.05) is 37.3 Å². The highest BCUT2D eigenvalue weighted by molar-refractivity contribution is 5.51. The molecule has 0 aliphatic heterocycles. The molecule has 2 rings (SSSR count). The van der Waals surface area contributed by atoms with E-state index < -0.39 is 0 Å². The van der Waals surface area contributed by atoms with Crippen molar-refractivity contribution in [3.63, 3.8) is 0 Å². The van der Waals surface area contributed by atoms with E-state index in [0.29, 0.717) is 5.75 Å². The molecule has 0 bridgehead atoms. The first-order valence-corrected chi connectivity index (χ1v) is 5.78. The molecule has 0 aliphatic carbocycles. The smallest absolute Gasteiger partial charge is 0.118 e. The lowest BCUT2D eigenvalue weighted by atomic mass is 10.1. The second kappa shape index (κ2) is 4.91. The van der Waals surface area contributed by atoms with Crippen molar-refractivity contribution in [3.8, 4) is 5.75 Å². The summed E-state index contributed by atoms with van der Waals surface area (Å²) in [6, 6.07) is 16.1. The number of phenolic OH excluding ortho intramolecular Hbond substituents is 1. The predicted molar refractivity (Wildman–Crippen MR) is 71.3 cm³/mol. The molecule has 0 aliphatic rings. The summed E-state index contributed by atoms with van der Waals surface area (Å²) in [4.78, 5) is 0. The van der Waals surface area contributed by atoms with E-state index >= 15 is 0 Å². The average Bonchev–Trinajstić information content (AvgIpc) is 2.35. The van der Waals surface area contributed by atoms with Gasteiger partial charge in [-0.05, 0) is 43.2 Å². The van der Waals surface area contributed by atoms with Crippen LogP contribution in [-0.2, 0) is 0 Å². The van der Waals surface area contributed by atoms with Crippen LogP contribution in [0.1, 0.15) is 24.1 Å². The van der Waals surface area contributed by atoms with Gasteiger partial charge in [0.2, 0.25) is 0 Å². The number of phenols is 1. The van der Waals surface area contributed by atoms with E-state index in [-0.39, 0.29) is 6.04 Å². The van der Waals surface area contributed by atoms with E-state index in [9.17, 15) is 5.11 Å². The maximum absolute atomic E-state index is 9.47. The second-order valence-corrected chi connectivity index (χ2v) is 4.28. The minimum Gasteiger partial charge on any atom is -0.508 e. The molecule has 0 spiro atoms. The minimum atomic E-state index is 0.250. The molecule has 0 radical (unpaired) electrons. The second-order valence-electron chi connectivity index (χ2n) is 4.28. The van der Waals surface area contributed by atoms with Gasteiger partial charge in [0.1, 0.15) is 5.75 Å². The molecular weight excluding hydrogens is 210 g/mol. The van der Waals surface area contributed by atoms with Crippen LogP contribution < -0.4 is 5.32 Å². The maximum atomic E-state index is 9.47. The van der Waals surface area contributed by atoms with Crippen LogP contribution in [-0.4, -0.2) is 5.11 Å². The fraction of sp³-hybridized carbons (Fsp3) is 0.200. The van der Waals surface area contributed by atoms with Crippen molar-refractivity contribution in [1.82, 2.24) is 0 Å². The molecule has 0 heterocycles. The van der Waals surface area contributed by atoms with Gasteiger partial charge in [0.25, 0.3) is 0 Å². The summed E-state index contributed by atoms with van der Waals surface area (Å²) in [6.45, 7) is 4.02. The maximum Gasteiger partial charge on any atom is 0.118 e. The summed E-state index contributed by atoms with van der Waals surface area (Å²) in [7, 11) is 0. The quantitative estimate of drug-likeness (QED) is 0.780. The van der Waals surface area contributed by atoms with Gasteiger partial charge in [-0.1, -0.05) is 30.3 Å². The van der Waals surface area contributed by atoms with Gasteiger partial charge in [0, 0.05) is 11.7 Å². The molecule has 0 fully saturated rings. The zero-order valence-corrected chi connectivity index (χ0v) is 10.1. The van der Waals surface area contributed by atoms with E-state index in [1.54, 1.807) is 6.07 Å². The van der Waals surface area contributed by atoms with Gasteiger partial charge in [-0.2, -0.15) is 0 Å². The Balaban J connectivity index is 2.13. The van der Waals surface area contributed by atoms with Crippen molar-refractivity contribution < 1.29 is 5.11 Å². The first kappa shape index (κ1) is 11.5. The lowest BCUT2D eigenvalue weighted by Crippen LogP contribution is -2.06. The monoisotopic (exact) mass is 227 g/mol. The highest BCUT2D eigenvalue weighted by Crippen LogP contribution is 2.23. The SMILES string of the molecule is Cc1cc(NC(C)c2ccccc2)ccc1O. The minimum absolute atomic E-state index is 0.250. The number of rotatable bonds is 3. The van der Waals surface area contributed by atoms with Gasteiger partial charge >= 0.3 is 0 Å².